The highest BCUT2D eigenvalue weighted by Crippen LogP contribution is 2.29. The molecule has 1 fully saturated rings. The van der Waals surface area contributed by atoms with E-state index in [0.717, 1.165) is 12.8 Å². The van der Waals surface area contributed by atoms with Crippen LogP contribution in [-0.4, -0.2) is 29.7 Å². The molecule has 0 aliphatic carbocycles. The highest BCUT2D eigenvalue weighted by molar-refractivity contribution is 5.99. The van der Waals surface area contributed by atoms with Crippen molar-refractivity contribution in [2.24, 2.45) is 11.8 Å². The zero-order chi connectivity index (χ0) is 18.1. The Morgan fingerprint density at radius 1 is 1.36 bits per heavy atom. The van der Waals surface area contributed by atoms with Crippen LogP contribution in [0.1, 0.15) is 49.2 Å². The minimum atomic E-state index is -0.469. The first-order valence-corrected chi connectivity index (χ1v) is 8.88. The van der Waals surface area contributed by atoms with Crippen LogP contribution < -0.4 is 0 Å². The van der Waals surface area contributed by atoms with Gasteiger partial charge in [-0.2, -0.15) is 0 Å². The molecule has 0 saturated carbocycles. The van der Waals surface area contributed by atoms with Crippen molar-refractivity contribution in [2.75, 3.05) is 13.1 Å². The van der Waals surface area contributed by atoms with Crippen LogP contribution in [0.2, 0.25) is 0 Å². The number of benzene rings is 1. The van der Waals surface area contributed by atoms with Gasteiger partial charge in [0.15, 0.2) is 17.2 Å². The van der Waals surface area contributed by atoms with E-state index in [0.29, 0.717) is 36.4 Å². The Balaban J connectivity index is 1.82. The number of para-hydroxylation sites is 1. The van der Waals surface area contributed by atoms with Crippen molar-refractivity contribution < 1.29 is 18.4 Å². The van der Waals surface area contributed by atoms with E-state index in [1.165, 1.54) is 6.07 Å². The minimum Gasteiger partial charge on any atom is -0.448 e. The van der Waals surface area contributed by atoms with Crippen molar-refractivity contribution in [2.45, 2.75) is 40.0 Å². The third-order valence-electron chi connectivity index (χ3n) is 4.88. The first-order valence-electron chi connectivity index (χ1n) is 8.88. The van der Waals surface area contributed by atoms with E-state index in [9.17, 15) is 14.0 Å². The lowest BCUT2D eigenvalue weighted by Gasteiger charge is -2.32. The number of furan rings is 1. The van der Waals surface area contributed by atoms with Crippen molar-refractivity contribution in [1.29, 1.82) is 0 Å². The standard InChI is InChI=1S/C20H24FNO3/c1-12(2)10-17(23)14-6-5-9-22(11-14)20(24)18-13(3)15-7-4-8-16(21)19(15)25-18/h4,7-8,12,14H,5-6,9-11H2,1-3H3/t14-/m0/s1. The molecular weight excluding hydrogens is 321 g/mol. The molecule has 0 unspecified atom stereocenters. The molecule has 1 aliphatic rings. The molecule has 2 heterocycles. The molecule has 1 atom stereocenters. The first kappa shape index (κ1) is 17.6. The maximum absolute atomic E-state index is 13.9. The van der Waals surface area contributed by atoms with Gasteiger partial charge in [0.1, 0.15) is 5.78 Å². The number of amides is 1. The Morgan fingerprint density at radius 3 is 2.80 bits per heavy atom. The van der Waals surface area contributed by atoms with Crippen molar-refractivity contribution in [3.8, 4) is 0 Å². The molecule has 1 aromatic carbocycles. The van der Waals surface area contributed by atoms with Crippen LogP contribution in [0.5, 0.6) is 0 Å². The Bertz CT molecular complexity index is 809. The van der Waals surface area contributed by atoms with Crippen LogP contribution in [0.3, 0.4) is 0 Å². The molecule has 134 valence electrons. The van der Waals surface area contributed by atoms with Crippen LogP contribution in [0.15, 0.2) is 22.6 Å². The number of piperidine rings is 1. The molecule has 0 bridgehead atoms. The van der Waals surface area contributed by atoms with Gasteiger partial charge in [0.2, 0.25) is 0 Å². The highest BCUT2D eigenvalue weighted by atomic mass is 19.1. The zero-order valence-electron chi connectivity index (χ0n) is 15.0. The number of carbonyl (C=O) groups excluding carboxylic acids is 2. The van der Waals surface area contributed by atoms with Crippen molar-refractivity contribution in [3.05, 3.63) is 35.3 Å². The van der Waals surface area contributed by atoms with Gasteiger partial charge >= 0.3 is 0 Å². The summed E-state index contributed by atoms with van der Waals surface area (Å²) in [6.07, 6.45) is 2.17. The predicted molar refractivity (Wildman–Crippen MR) is 94.0 cm³/mol. The largest absolute Gasteiger partial charge is 0.448 e. The molecule has 0 spiro atoms. The lowest BCUT2D eigenvalue weighted by molar-refractivity contribution is -0.124. The molecule has 0 N–H and O–H groups in total. The van der Waals surface area contributed by atoms with Crippen molar-refractivity contribution in [1.82, 2.24) is 4.90 Å². The van der Waals surface area contributed by atoms with Crippen LogP contribution in [0.4, 0.5) is 4.39 Å². The Morgan fingerprint density at radius 2 is 2.12 bits per heavy atom. The molecule has 5 heteroatoms. The molecule has 1 saturated heterocycles. The summed E-state index contributed by atoms with van der Waals surface area (Å²) in [5.74, 6) is -0.115. The summed E-state index contributed by atoms with van der Waals surface area (Å²) in [4.78, 5) is 26.9. The van der Waals surface area contributed by atoms with Gasteiger partial charge in [0, 0.05) is 36.4 Å². The number of fused-ring (bicyclic) bond motifs is 1. The fourth-order valence-electron chi connectivity index (χ4n) is 3.55. The van der Waals surface area contributed by atoms with Crippen molar-refractivity contribution >= 4 is 22.7 Å². The van der Waals surface area contributed by atoms with Gasteiger partial charge in [0.25, 0.3) is 5.91 Å². The summed E-state index contributed by atoms with van der Waals surface area (Å²) < 4.78 is 19.5. The quantitative estimate of drug-likeness (QED) is 0.828. The molecule has 3 rings (SSSR count). The number of aryl methyl sites for hydroxylation is 1. The van der Waals surface area contributed by atoms with E-state index in [1.807, 2.05) is 13.8 Å². The first-order chi connectivity index (χ1) is 11.9. The minimum absolute atomic E-state index is 0.110. The fourth-order valence-corrected chi connectivity index (χ4v) is 3.55. The normalized spacial score (nSPS) is 18.1. The van der Waals surface area contributed by atoms with E-state index in [1.54, 1.807) is 24.0 Å². The maximum Gasteiger partial charge on any atom is 0.289 e. The molecule has 2 aromatic rings. The van der Waals surface area contributed by atoms with Crippen LogP contribution in [0.25, 0.3) is 11.0 Å². The third-order valence-corrected chi connectivity index (χ3v) is 4.88. The van der Waals surface area contributed by atoms with E-state index in [2.05, 4.69) is 0 Å². The summed E-state index contributed by atoms with van der Waals surface area (Å²) in [6, 6.07) is 4.68. The number of nitrogens with zero attached hydrogens (tertiary/aromatic N) is 1. The highest BCUT2D eigenvalue weighted by Gasteiger charge is 2.31. The zero-order valence-corrected chi connectivity index (χ0v) is 15.0. The molecular formula is C20H24FNO3. The topological polar surface area (TPSA) is 50.5 Å². The second-order valence-corrected chi connectivity index (χ2v) is 7.33. The van der Waals surface area contributed by atoms with E-state index in [-0.39, 0.29) is 29.0 Å². The van der Waals surface area contributed by atoms with Gasteiger partial charge in [-0.3, -0.25) is 9.59 Å². The second kappa shape index (κ2) is 6.98. The average Bonchev–Trinajstić information content (AvgIpc) is 2.92. The number of likely N-dealkylation sites (tertiary alicyclic amines) is 1. The number of hydrogen-bond donors (Lipinski definition) is 0. The van der Waals surface area contributed by atoms with Crippen LogP contribution in [-0.2, 0) is 4.79 Å². The third kappa shape index (κ3) is 3.46. The Hall–Kier alpha value is -2.17. The van der Waals surface area contributed by atoms with Crippen LogP contribution >= 0.6 is 0 Å². The SMILES string of the molecule is Cc1c(C(=O)N2CCC[C@H](C(=O)CC(C)C)C2)oc2c(F)cccc12. The van der Waals surface area contributed by atoms with Gasteiger partial charge in [-0.1, -0.05) is 26.0 Å². The molecule has 1 aliphatic heterocycles. The smallest absolute Gasteiger partial charge is 0.289 e. The number of carbonyl (C=O) groups is 2. The van der Waals surface area contributed by atoms with E-state index >= 15 is 0 Å². The molecule has 1 amide bonds. The van der Waals surface area contributed by atoms with Gasteiger partial charge < -0.3 is 9.32 Å². The maximum atomic E-state index is 13.9. The van der Waals surface area contributed by atoms with E-state index in [4.69, 9.17) is 4.42 Å². The summed E-state index contributed by atoms with van der Waals surface area (Å²) in [5.41, 5.74) is 0.767. The summed E-state index contributed by atoms with van der Waals surface area (Å²) in [6.45, 7) is 6.84. The molecule has 1 aromatic heterocycles. The van der Waals surface area contributed by atoms with Crippen molar-refractivity contribution in [3.63, 3.8) is 0 Å². The summed E-state index contributed by atoms with van der Waals surface area (Å²) in [5, 5.41) is 0.618. The predicted octanol–water partition coefficient (Wildman–Crippen LogP) is 4.35. The molecule has 0 radical (unpaired) electrons. The number of rotatable bonds is 4. The van der Waals surface area contributed by atoms with Crippen LogP contribution in [0, 0.1) is 24.6 Å². The van der Waals surface area contributed by atoms with Gasteiger partial charge in [-0.05, 0) is 31.7 Å². The fraction of sp³-hybridized carbons (Fsp3) is 0.500. The Kier molecular flexibility index (Phi) is 4.93. The molecule has 4 nitrogen and oxygen atoms in total. The number of Topliss-reactive ketones (excluding diaryl/α,β-unsaturated/α-hetero) is 1. The van der Waals surface area contributed by atoms with Gasteiger partial charge in [-0.15, -0.1) is 0 Å². The monoisotopic (exact) mass is 345 g/mol. The summed E-state index contributed by atoms with van der Waals surface area (Å²) in [7, 11) is 0. The average molecular weight is 345 g/mol. The lowest BCUT2D eigenvalue weighted by atomic mass is 9.89. The number of hydrogen-bond acceptors (Lipinski definition) is 3. The number of halogens is 1. The summed E-state index contributed by atoms with van der Waals surface area (Å²) >= 11 is 0. The van der Waals surface area contributed by atoms with E-state index < -0.39 is 5.82 Å². The van der Waals surface area contributed by atoms with Gasteiger partial charge in [-0.25, -0.2) is 4.39 Å². The van der Waals surface area contributed by atoms with Gasteiger partial charge in [0.05, 0.1) is 0 Å². The number of ketones is 1. The lowest BCUT2D eigenvalue weighted by Crippen LogP contribution is -2.42. The molecule has 25 heavy (non-hydrogen) atoms. The second-order valence-electron chi connectivity index (χ2n) is 7.33. The Labute approximate surface area is 147 Å².